The quantitative estimate of drug-likeness (QED) is 0.678. The minimum absolute atomic E-state index is 0.401. The van der Waals surface area contributed by atoms with Crippen molar-refractivity contribution in [3.63, 3.8) is 0 Å². The van der Waals surface area contributed by atoms with E-state index in [1.807, 2.05) is 39.8 Å². The van der Waals surface area contributed by atoms with Gasteiger partial charge in [-0.2, -0.15) is 0 Å². The molecule has 0 bridgehead atoms. The molecule has 1 aliphatic rings. The fourth-order valence-corrected chi connectivity index (χ4v) is 1.62. The maximum atomic E-state index is 12.2. The van der Waals surface area contributed by atoms with Gasteiger partial charge in [0.05, 0.1) is 0 Å². The van der Waals surface area contributed by atoms with Crippen molar-refractivity contribution in [3.05, 3.63) is 35.0 Å². The molecular weight excluding hydrogens is 202 g/mol. The van der Waals surface area contributed by atoms with Gasteiger partial charge < -0.3 is 0 Å². The lowest BCUT2D eigenvalue weighted by Gasteiger charge is -2.21. The van der Waals surface area contributed by atoms with E-state index in [1.165, 1.54) is 0 Å². The van der Waals surface area contributed by atoms with Gasteiger partial charge in [-0.05, 0) is 44.6 Å². The maximum Gasteiger partial charge on any atom is 0.382 e. The van der Waals surface area contributed by atoms with Gasteiger partial charge in [-0.15, -0.1) is 0 Å². The van der Waals surface area contributed by atoms with Crippen LogP contribution >= 0.6 is 0 Å². The fourth-order valence-electron chi connectivity index (χ4n) is 1.62. The number of nitrogens with zero attached hydrogens (tertiary/aromatic N) is 3. The number of aliphatic imine (C=N–C) groups is 1. The molecule has 0 atom stereocenters. The summed E-state index contributed by atoms with van der Waals surface area (Å²) < 4.78 is 0.968. The summed E-state index contributed by atoms with van der Waals surface area (Å²) in [6, 6.07) is 5.49. The van der Waals surface area contributed by atoms with Crippen molar-refractivity contribution >= 4 is 5.84 Å². The Bertz CT molecular complexity index is 460. The highest BCUT2D eigenvalue weighted by molar-refractivity contribution is 5.92. The van der Waals surface area contributed by atoms with Crippen LogP contribution in [0.25, 0.3) is 0 Å². The molecule has 0 amide bonds. The molecule has 0 radical (unpaired) electrons. The van der Waals surface area contributed by atoms with E-state index >= 15 is 0 Å². The summed E-state index contributed by atoms with van der Waals surface area (Å²) in [4.78, 5) is 20.9. The van der Waals surface area contributed by atoms with E-state index in [4.69, 9.17) is 0 Å². The van der Waals surface area contributed by atoms with Gasteiger partial charge in [0.15, 0.2) is 16.8 Å². The zero-order valence-corrected chi connectivity index (χ0v) is 10.1. The average Bonchev–Trinajstić information content (AvgIpc) is 2.40. The first kappa shape index (κ1) is 10.9. The third-order valence-electron chi connectivity index (χ3n) is 3.48. The van der Waals surface area contributed by atoms with Crippen molar-refractivity contribution in [1.82, 2.24) is 4.98 Å². The smallest absolute Gasteiger partial charge is 0.248 e. The van der Waals surface area contributed by atoms with Crippen LogP contribution < -0.4 is 0 Å². The molecule has 0 aromatic carbocycles. The Morgan fingerprint density at radius 3 is 2.31 bits per heavy atom. The Balaban J connectivity index is 2.51. The summed E-state index contributed by atoms with van der Waals surface area (Å²) in [5.74, 6) is 0.426. The second kappa shape index (κ2) is 3.20. The van der Waals surface area contributed by atoms with Gasteiger partial charge in [-0.1, -0.05) is 16.0 Å². The summed E-state index contributed by atoms with van der Waals surface area (Å²) in [5.41, 5.74) is -0.308. The van der Waals surface area contributed by atoms with Crippen molar-refractivity contribution in [1.29, 1.82) is 0 Å². The standard InChI is InChI=1S/C12H16N3O/c1-11(2)12(3,4)15(16)10(14-11)9-7-5-6-8-13-9/h5-8H,1-4H3/q+1. The number of nitroso groups, excluding NO2 is 1. The second-order valence-electron chi connectivity index (χ2n) is 5.06. The lowest BCUT2D eigenvalue weighted by molar-refractivity contribution is -0.514. The van der Waals surface area contributed by atoms with Gasteiger partial charge >= 0.3 is 5.84 Å². The van der Waals surface area contributed by atoms with E-state index in [2.05, 4.69) is 9.98 Å². The second-order valence-corrected chi connectivity index (χ2v) is 5.06. The summed E-state index contributed by atoms with van der Waals surface area (Å²) >= 11 is 0. The van der Waals surface area contributed by atoms with Crippen molar-refractivity contribution in [2.24, 2.45) is 4.99 Å². The molecule has 1 aliphatic heterocycles. The fraction of sp³-hybridized carbons (Fsp3) is 0.500. The molecule has 2 rings (SSSR count). The van der Waals surface area contributed by atoms with Crippen LogP contribution in [-0.4, -0.2) is 26.7 Å². The Labute approximate surface area is 95.0 Å². The summed E-state index contributed by atoms with van der Waals surface area (Å²) in [6.45, 7) is 7.74. The first-order valence-corrected chi connectivity index (χ1v) is 5.35. The van der Waals surface area contributed by atoms with E-state index in [0.29, 0.717) is 11.5 Å². The molecule has 0 saturated heterocycles. The topological polar surface area (TPSA) is 45.3 Å². The first-order chi connectivity index (χ1) is 7.36. The van der Waals surface area contributed by atoms with Gasteiger partial charge in [0.25, 0.3) is 0 Å². The van der Waals surface area contributed by atoms with Gasteiger partial charge in [-0.25, -0.2) is 4.98 Å². The van der Waals surface area contributed by atoms with Crippen LogP contribution in [0.3, 0.4) is 0 Å². The maximum absolute atomic E-state index is 12.2. The Hall–Kier alpha value is -1.58. The normalized spacial score (nSPS) is 22.0. The molecule has 84 valence electrons. The Morgan fingerprint density at radius 1 is 1.19 bits per heavy atom. The highest BCUT2D eigenvalue weighted by Crippen LogP contribution is 2.35. The summed E-state index contributed by atoms with van der Waals surface area (Å²) in [6.07, 6.45) is 1.67. The van der Waals surface area contributed by atoms with Gasteiger partial charge in [-0.3, -0.25) is 0 Å². The van der Waals surface area contributed by atoms with Crippen LogP contribution in [0.5, 0.6) is 0 Å². The molecule has 1 aromatic rings. The molecule has 4 nitrogen and oxygen atoms in total. The van der Waals surface area contributed by atoms with E-state index in [-0.39, 0.29) is 0 Å². The number of amidine groups is 1. The van der Waals surface area contributed by atoms with Crippen molar-refractivity contribution in [2.75, 3.05) is 0 Å². The molecule has 1 aromatic heterocycles. The highest BCUT2D eigenvalue weighted by atomic mass is 16.3. The molecule has 16 heavy (non-hydrogen) atoms. The minimum Gasteiger partial charge on any atom is -0.248 e. The Morgan fingerprint density at radius 2 is 1.88 bits per heavy atom. The van der Waals surface area contributed by atoms with E-state index in [9.17, 15) is 4.91 Å². The average molecular weight is 218 g/mol. The highest BCUT2D eigenvalue weighted by Gasteiger charge is 2.59. The third kappa shape index (κ3) is 1.37. The van der Waals surface area contributed by atoms with Crippen molar-refractivity contribution in [2.45, 2.75) is 38.8 Å². The van der Waals surface area contributed by atoms with Crippen LogP contribution in [-0.2, 0) is 0 Å². The number of aromatic nitrogens is 1. The molecule has 4 heteroatoms. The predicted molar refractivity (Wildman–Crippen MR) is 62.6 cm³/mol. The van der Waals surface area contributed by atoms with Crippen LogP contribution in [0.2, 0.25) is 0 Å². The summed E-state index contributed by atoms with van der Waals surface area (Å²) in [5, 5.41) is 0. The molecule has 0 fully saturated rings. The van der Waals surface area contributed by atoms with E-state index < -0.39 is 11.1 Å². The van der Waals surface area contributed by atoms with Crippen LogP contribution in [0.1, 0.15) is 33.4 Å². The molecule has 0 spiro atoms. The Kier molecular flexibility index (Phi) is 2.19. The van der Waals surface area contributed by atoms with Crippen LogP contribution in [0.15, 0.2) is 29.4 Å². The van der Waals surface area contributed by atoms with Crippen molar-refractivity contribution < 1.29 is 4.76 Å². The first-order valence-electron chi connectivity index (χ1n) is 5.35. The molecule has 2 heterocycles. The summed E-state index contributed by atoms with van der Waals surface area (Å²) in [7, 11) is 0. The molecule has 0 unspecified atom stereocenters. The molecule has 0 aliphatic carbocycles. The van der Waals surface area contributed by atoms with Crippen molar-refractivity contribution in [3.8, 4) is 0 Å². The number of pyridine rings is 1. The zero-order chi connectivity index (χ0) is 12.0. The number of rotatable bonds is 1. The van der Waals surface area contributed by atoms with Gasteiger partial charge in [0, 0.05) is 6.20 Å². The molecule has 0 saturated carbocycles. The third-order valence-corrected chi connectivity index (χ3v) is 3.48. The molecular formula is C12H16N3O+. The van der Waals surface area contributed by atoms with Gasteiger partial charge in [0.1, 0.15) is 0 Å². The zero-order valence-electron chi connectivity index (χ0n) is 10.1. The minimum atomic E-state index is -0.542. The predicted octanol–water partition coefficient (Wildman–Crippen LogP) is 2.18. The lowest BCUT2D eigenvalue weighted by Crippen LogP contribution is -2.47. The van der Waals surface area contributed by atoms with Crippen LogP contribution in [0, 0.1) is 4.91 Å². The van der Waals surface area contributed by atoms with Crippen LogP contribution in [0.4, 0.5) is 0 Å². The monoisotopic (exact) mass is 218 g/mol. The molecule has 0 N–H and O–H groups in total. The SMILES string of the molecule is CC1(C)N=C(c2ccccn2)[N+](=O)C1(C)C. The van der Waals surface area contributed by atoms with E-state index in [0.717, 1.165) is 4.76 Å². The van der Waals surface area contributed by atoms with E-state index in [1.54, 1.807) is 12.3 Å². The number of hydrogen-bond donors (Lipinski definition) is 0. The van der Waals surface area contributed by atoms with Gasteiger partial charge in [0.2, 0.25) is 0 Å². The number of hydrogen-bond acceptors (Lipinski definition) is 3. The largest absolute Gasteiger partial charge is 0.382 e. The lowest BCUT2D eigenvalue weighted by atomic mass is 9.84.